The standard InChI is InChI=1S/C12H17NO5/c1-3-5-18-12-7-10(13(15)16)9(8-14)6-11(12)17-4-2/h6-7,14H,3-5,8H2,1-2H3. The van der Waals surface area contributed by atoms with Crippen molar-refractivity contribution in [2.75, 3.05) is 13.2 Å². The van der Waals surface area contributed by atoms with Crippen LogP contribution in [0, 0.1) is 10.1 Å². The number of benzene rings is 1. The maximum absolute atomic E-state index is 10.9. The number of aliphatic hydroxyl groups excluding tert-OH is 1. The monoisotopic (exact) mass is 255 g/mol. The summed E-state index contributed by atoms with van der Waals surface area (Å²) in [4.78, 5) is 10.3. The van der Waals surface area contributed by atoms with Crippen LogP contribution in [0.25, 0.3) is 0 Å². The summed E-state index contributed by atoms with van der Waals surface area (Å²) in [6.45, 7) is 4.21. The van der Waals surface area contributed by atoms with Crippen molar-refractivity contribution in [1.82, 2.24) is 0 Å². The summed E-state index contributed by atoms with van der Waals surface area (Å²) >= 11 is 0. The van der Waals surface area contributed by atoms with Crippen molar-refractivity contribution in [2.24, 2.45) is 0 Å². The van der Waals surface area contributed by atoms with Crippen LogP contribution in [0.3, 0.4) is 0 Å². The zero-order valence-corrected chi connectivity index (χ0v) is 10.5. The summed E-state index contributed by atoms with van der Waals surface area (Å²) in [6.07, 6.45) is 0.793. The molecule has 100 valence electrons. The van der Waals surface area contributed by atoms with Gasteiger partial charge in [0.05, 0.1) is 36.4 Å². The highest BCUT2D eigenvalue weighted by molar-refractivity contribution is 5.54. The van der Waals surface area contributed by atoms with Gasteiger partial charge in [0.2, 0.25) is 0 Å². The van der Waals surface area contributed by atoms with E-state index in [1.54, 1.807) is 0 Å². The highest BCUT2D eigenvalue weighted by Crippen LogP contribution is 2.35. The van der Waals surface area contributed by atoms with Crippen molar-refractivity contribution in [3.63, 3.8) is 0 Å². The molecule has 0 aromatic heterocycles. The molecule has 0 saturated heterocycles. The molecule has 0 atom stereocenters. The molecule has 0 amide bonds. The van der Waals surface area contributed by atoms with Gasteiger partial charge in [-0.3, -0.25) is 10.1 Å². The Bertz CT molecular complexity index is 419. The molecule has 0 fully saturated rings. The first-order valence-electron chi connectivity index (χ1n) is 5.81. The normalized spacial score (nSPS) is 10.2. The number of rotatable bonds is 7. The minimum Gasteiger partial charge on any atom is -0.490 e. The number of aliphatic hydroxyl groups is 1. The highest BCUT2D eigenvalue weighted by Gasteiger charge is 2.19. The van der Waals surface area contributed by atoms with Crippen molar-refractivity contribution in [2.45, 2.75) is 26.9 Å². The van der Waals surface area contributed by atoms with Crippen LogP contribution < -0.4 is 9.47 Å². The van der Waals surface area contributed by atoms with Gasteiger partial charge in [-0.15, -0.1) is 0 Å². The van der Waals surface area contributed by atoms with Crippen molar-refractivity contribution >= 4 is 5.69 Å². The molecule has 0 spiro atoms. The van der Waals surface area contributed by atoms with Crippen LogP contribution >= 0.6 is 0 Å². The number of hydrogen-bond acceptors (Lipinski definition) is 5. The molecule has 6 heteroatoms. The fourth-order valence-electron chi connectivity index (χ4n) is 1.48. The van der Waals surface area contributed by atoms with Gasteiger partial charge >= 0.3 is 0 Å². The van der Waals surface area contributed by atoms with Gasteiger partial charge in [0.25, 0.3) is 5.69 Å². The third kappa shape index (κ3) is 3.33. The third-order valence-corrected chi connectivity index (χ3v) is 2.27. The van der Waals surface area contributed by atoms with Crippen LogP contribution in [0.1, 0.15) is 25.8 Å². The van der Waals surface area contributed by atoms with E-state index in [9.17, 15) is 10.1 Å². The van der Waals surface area contributed by atoms with Crippen molar-refractivity contribution in [3.05, 3.63) is 27.8 Å². The maximum atomic E-state index is 10.9. The Morgan fingerprint density at radius 1 is 1.28 bits per heavy atom. The first-order chi connectivity index (χ1) is 8.63. The van der Waals surface area contributed by atoms with Gasteiger partial charge in [-0.2, -0.15) is 0 Å². The first kappa shape index (κ1) is 14.2. The average Bonchev–Trinajstić information content (AvgIpc) is 2.36. The molecule has 6 nitrogen and oxygen atoms in total. The fraction of sp³-hybridized carbons (Fsp3) is 0.500. The summed E-state index contributed by atoms with van der Waals surface area (Å²) < 4.78 is 10.8. The molecule has 1 aromatic rings. The Balaban J connectivity index is 3.18. The lowest BCUT2D eigenvalue weighted by Gasteiger charge is -2.12. The van der Waals surface area contributed by atoms with E-state index in [-0.39, 0.29) is 11.3 Å². The van der Waals surface area contributed by atoms with E-state index in [0.717, 1.165) is 6.42 Å². The molecular formula is C12H17NO5. The van der Waals surface area contributed by atoms with Crippen molar-refractivity contribution < 1.29 is 19.5 Å². The number of nitro groups is 1. The zero-order valence-electron chi connectivity index (χ0n) is 10.5. The van der Waals surface area contributed by atoms with Gasteiger partial charge in [0.1, 0.15) is 0 Å². The third-order valence-electron chi connectivity index (χ3n) is 2.27. The molecule has 0 aliphatic rings. The van der Waals surface area contributed by atoms with Gasteiger partial charge in [0.15, 0.2) is 11.5 Å². The Kier molecular flexibility index (Phi) is 5.38. The van der Waals surface area contributed by atoms with E-state index in [0.29, 0.717) is 24.7 Å². The molecular weight excluding hydrogens is 238 g/mol. The summed E-state index contributed by atoms with van der Waals surface area (Å²) in [5.41, 5.74) is 0.0550. The molecule has 0 unspecified atom stereocenters. The lowest BCUT2D eigenvalue weighted by atomic mass is 10.1. The van der Waals surface area contributed by atoms with E-state index in [1.807, 2.05) is 13.8 Å². The number of nitrogens with zero attached hydrogens (tertiary/aromatic N) is 1. The molecule has 0 radical (unpaired) electrons. The molecule has 1 aromatic carbocycles. The van der Waals surface area contributed by atoms with Crippen molar-refractivity contribution in [3.8, 4) is 11.5 Å². The van der Waals surface area contributed by atoms with E-state index in [2.05, 4.69) is 0 Å². The average molecular weight is 255 g/mol. The smallest absolute Gasteiger partial charge is 0.278 e. The summed E-state index contributed by atoms with van der Waals surface area (Å²) in [5, 5.41) is 20.0. The van der Waals surface area contributed by atoms with E-state index >= 15 is 0 Å². The van der Waals surface area contributed by atoms with Crippen molar-refractivity contribution in [1.29, 1.82) is 0 Å². The van der Waals surface area contributed by atoms with Crippen LogP contribution in [0.2, 0.25) is 0 Å². The quantitative estimate of drug-likeness (QED) is 0.597. The summed E-state index contributed by atoms with van der Waals surface area (Å²) in [6, 6.07) is 2.75. The lowest BCUT2D eigenvalue weighted by molar-refractivity contribution is -0.385. The van der Waals surface area contributed by atoms with Crippen LogP contribution in [0.15, 0.2) is 12.1 Å². The van der Waals surface area contributed by atoms with Crippen LogP contribution in [0.4, 0.5) is 5.69 Å². The Morgan fingerprint density at radius 3 is 2.44 bits per heavy atom. The molecule has 0 bridgehead atoms. The van der Waals surface area contributed by atoms with Crippen LogP contribution in [-0.4, -0.2) is 23.2 Å². The maximum Gasteiger partial charge on any atom is 0.278 e. The molecule has 0 heterocycles. The highest BCUT2D eigenvalue weighted by atomic mass is 16.6. The predicted molar refractivity (Wildman–Crippen MR) is 66.0 cm³/mol. The molecule has 1 N–H and O–H groups in total. The number of nitro benzene ring substituents is 1. The van der Waals surface area contributed by atoms with Gasteiger partial charge in [-0.1, -0.05) is 6.92 Å². The van der Waals surface area contributed by atoms with E-state index in [1.165, 1.54) is 12.1 Å². The minimum absolute atomic E-state index is 0.160. The summed E-state index contributed by atoms with van der Waals surface area (Å²) in [7, 11) is 0. The Morgan fingerprint density at radius 2 is 1.94 bits per heavy atom. The number of ether oxygens (including phenoxy) is 2. The van der Waals surface area contributed by atoms with Crippen LogP contribution in [-0.2, 0) is 6.61 Å². The second kappa shape index (κ2) is 6.80. The first-order valence-corrected chi connectivity index (χ1v) is 5.81. The molecule has 0 aliphatic carbocycles. The van der Waals surface area contributed by atoms with Gasteiger partial charge < -0.3 is 14.6 Å². The Labute approximate surface area is 105 Å². The zero-order chi connectivity index (χ0) is 13.5. The SMILES string of the molecule is CCCOc1cc([N+](=O)[O-])c(CO)cc1OCC. The molecule has 0 saturated carbocycles. The Hall–Kier alpha value is -1.82. The molecule has 0 aliphatic heterocycles. The second-order valence-electron chi connectivity index (χ2n) is 3.62. The minimum atomic E-state index is -0.542. The van der Waals surface area contributed by atoms with Gasteiger partial charge in [-0.05, 0) is 19.4 Å². The molecule has 1 rings (SSSR count). The summed E-state index contributed by atoms with van der Waals surface area (Å²) in [5.74, 6) is 0.753. The predicted octanol–water partition coefficient (Wildman–Crippen LogP) is 2.27. The van der Waals surface area contributed by atoms with Gasteiger partial charge in [-0.25, -0.2) is 0 Å². The van der Waals surface area contributed by atoms with Gasteiger partial charge in [0, 0.05) is 0 Å². The van der Waals surface area contributed by atoms with E-state index < -0.39 is 11.5 Å². The largest absolute Gasteiger partial charge is 0.490 e. The molecule has 18 heavy (non-hydrogen) atoms. The second-order valence-corrected chi connectivity index (χ2v) is 3.62. The van der Waals surface area contributed by atoms with E-state index in [4.69, 9.17) is 14.6 Å². The fourth-order valence-corrected chi connectivity index (χ4v) is 1.48. The topological polar surface area (TPSA) is 81.8 Å². The number of hydrogen-bond donors (Lipinski definition) is 1. The van der Waals surface area contributed by atoms with Crippen LogP contribution in [0.5, 0.6) is 11.5 Å². The lowest BCUT2D eigenvalue weighted by Crippen LogP contribution is -2.03.